The molecule has 0 fully saturated rings. The molecule has 1 rings (SSSR count). The second-order valence-corrected chi connectivity index (χ2v) is 4.18. The van der Waals surface area contributed by atoms with Gasteiger partial charge in [0.15, 0.2) is 5.78 Å². The van der Waals surface area contributed by atoms with E-state index in [2.05, 4.69) is 0 Å². The molecule has 0 bridgehead atoms. The van der Waals surface area contributed by atoms with Crippen LogP contribution in [0.15, 0.2) is 29.2 Å². The number of carbonyl (C=O) groups is 1. The number of carbonyl (C=O) groups excluding carboxylic acids is 1. The van der Waals surface area contributed by atoms with Gasteiger partial charge in [-0.05, 0) is 24.3 Å². The van der Waals surface area contributed by atoms with Crippen molar-refractivity contribution < 1.29 is 17.8 Å². The molecule has 0 heterocycles. The topological polar surface area (TPSA) is 95.2 Å². The highest BCUT2D eigenvalue weighted by Crippen LogP contribution is 2.11. The monoisotopic (exact) mass is 225 g/mol. The molecule has 1 aromatic rings. The molecule has 0 aromatic heterocycles. The fraction of sp³-hybridized carbons (Fsp3) is 0.111. The first kappa shape index (κ1) is 11.4. The maximum absolute atomic E-state index is 11.2. The third-order valence-corrected chi connectivity index (χ3v) is 2.58. The highest BCUT2D eigenvalue weighted by molar-refractivity contribution is 7.85. The van der Waals surface area contributed by atoms with Crippen molar-refractivity contribution in [2.75, 3.05) is 0 Å². The average Bonchev–Trinajstić information content (AvgIpc) is 2.17. The number of nitriles is 1. The predicted octanol–water partition coefficient (Wildman–Crippen LogP) is 1.03. The lowest BCUT2D eigenvalue weighted by Crippen LogP contribution is -2.01. The van der Waals surface area contributed by atoms with E-state index in [9.17, 15) is 13.2 Å². The van der Waals surface area contributed by atoms with Crippen molar-refractivity contribution in [2.45, 2.75) is 11.3 Å². The average molecular weight is 225 g/mol. The van der Waals surface area contributed by atoms with E-state index in [0.29, 0.717) is 0 Å². The lowest BCUT2D eigenvalue weighted by Gasteiger charge is -1.98. The Morgan fingerprint density at radius 3 is 2.27 bits per heavy atom. The van der Waals surface area contributed by atoms with Gasteiger partial charge in [0.05, 0.1) is 17.4 Å². The van der Waals surface area contributed by atoms with Crippen LogP contribution < -0.4 is 0 Å². The Morgan fingerprint density at radius 1 is 1.33 bits per heavy atom. The van der Waals surface area contributed by atoms with Crippen molar-refractivity contribution >= 4 is 15.9 Å². The maximum atomic E-state index is 11.2. The van der Waals surface area contributed by atoms with Gasteiger partial charge in [-0.3, -0.25) is 9.35 Å². The quantitative estimate of drug-likeness (QED) is 0.612. The minimum absolute atomic E-state index is 0.240. The van der Waals surface area contributed by atoms with E-state index < -0.39 is 10.1 Å². The smallest absolute Gasteiger partial charge is 0.293 e. The van der Waals surface area contributed by atoms with Gasteiger partial charge in [0.25, 0.3) is 10.1 Å². The third kappa shape index (κ3) is 2.87. The van der Waals surface area contributed by atoms with E-state index >= 15 is 0 Å². The van der Waals surface area contributed by atoms with Gasteiger partial charge in [0.2, 0.25) is 0 Å². The van der Waals surface area contributed by atoms with Gasteiger partial charge in [0.1, 0.15) is 0 Å². The zero-order chi connectivity index (χ0) is 11.5. The Morgan fingerprint density at radius 2 is 1.87 bits per heavy atom. The number of Topliss-reactive ketones (excluding diaryl/α,β-unsaturated/α-hetero) is 1. The number of nitrogens with zero attached hydrogens (tertiary/aromatic N) is 1. The van der Waals surface area contributed by atoms with Crippen molar-refractivity contribution in [3.8, 4) is 6.07 Å². The Hall–Kier alpha value is -1.71. The van der Waals surface area contributed by atoms with E-state index in [1.165, 1.54) is 12.1 Å². The molecule has 1 N–H and O–H groups in total. The largest absolute Gasteiger partial charge is 0.294 e. The Bertz CT molecular complexity index is 510. The SMILES string of the molecule is N#CCC(=O)c1ccc(S(=O)(=O)O)cc1. The lowest BCUT2D eigenvalue weighted by atomic mass is 10.1. The molecule has 0 saturated carbocycles. The normalized spacial score (nSPS) is 10.7. The van der Waals surface area contributed by atoms with Crippen molar-refractivity contribution in [3.05, 3.63) is 29.8 Å². The summed E-state index contributed by atoms with van der Waals surface area (Å²) in [5, 5.41) is 8.28. The van der Waals surface area contributed by atoms with E-state index in [1.54, 1.807) is 6.07 Å². The van der Waals surface area contributed by atoms with Crippen molar-refractivity contribution in [1.82, 2.24) is 0 Å². The lowest BCUT2D eigenvalue weighted by molar-refractivity contribution is 0.0997. The minimum atomic E-state index is -4.23. The Labute approximate surface area is 86.7 Å². The van der Waals surface area contributed by atoms with Gasteiger partial charge in [-0.15, -0.1) is 0 Å². The summed E-state index contributed by atoms with van der Waals surface area (Å²) in [6, 6.07) is 6.42. The van der Waals surface area contributed by atoms with Gasteiger partial charge in [-0.25, -0.2) is 0 Å². The van der Waals surface area contributed by atoms with E-state index in [-0.39, 0.29) is 22.7 Å². The van der Waals surface area contributed by atoms with Crippen molar-refractivity contribution in [2.24, 2.45) is 0 Å². The summed E-state index contributed by atoms with van der Waals surface area (Å²) in [5.74, 6) is -0.389. The summed E-state index contributed by atoms with van der Waals surface area (Å²) < 4.78 is 30.0. The summed E-state index contributed by atoms with van der Waals surface area (Å²) in [7, 11) is -4.23. The molecule has 6 heteroatoms. The molecule has 0 atom stereocenters. The van der Waals surface area contributed by atoms with Crippen LogP contribution in [0.3, 0.4) is 0 Å². The first-order valence-electron chi connectivity index (χ1n) is 3.93. The van der Waals surface area contributed by atoms with E-state index in [4.69, 9.17) is 9.81 Å². The van der Waals surface area contributed by atoms with Crippen LogP contribution >= 0.6 is 0 Å². The Kier molecular flexibility index (Phi) is 3.19. The standard InChI is InChI=1S/C9H7NO4S/c10-6-5-9(11)7-1-3-8(4-2-7)15(12,13)14/h1-4H,5H2,(H,12,13,14). The van der Waals surface area contributed by atoms with Crippen LogP contribution in [-0.2, 0) is 10.1 Å². The number of ketones is 1. The molecule has 15 heavy (non-hydrogen) atoms. The number of benzene rings is 1. The molecular formula is C9H7NO4S. The zero-order valence-electron chi connectivity index (χ0n) is 7.54. The third-order valence-electron chi connectivity index (χ3n) is 1.71. The van der Waals surface area contributed by atoms with Gasteiger partial charge in [-0.2, -0.15) is 13.7 Å². The van der Waals surface area contributed by atoms with Gasteiger partial charge < -0.3 is 0 Å². The highest BCUT2D eigenvalue weighted by atomic mass is 32.2. The summed E-state index contributed by atoms with van der Waals surface area (Å²) in [6.07, 6.45) is -0.259. The first-order chi connectivity index (χ1) is 6.95. The van der Waals surface area contributed by atoms with Crippen LogP contribution in [0.25, 0.3) is 0 Å². The van der Waals surface area contributed by atoms with Crippen molar-refractivity contribution in [1.29, 1.82) is 5.26 Å². The maximum Gasteiger partial charge on any atom is 0.294 e. The summed E-state index contributed by atoms with van der Waals surface area (Å²) in [5.41, 5.74) is 0.240. The zero-order valence-corrected chi connectivity index (χ0v) is 8.36. The fourth-order valence-electron chi connectivity index (χ4n) is 0.987. The van der Waals surface area contributed by atoms with E-state index in [0.717, 1.165) is 12.1 Å². The van der Waals surface area contributed by atoms with Crippen LogP contribution in [-0.4, -0.2) is 18.8 Å². The first-order valence-corrected chi connectivity index (χ1v) is 5.37. The second-order valence-electron chi connectivity index (χ2n) is 2.76. The molecule has 0 aliphatic heterocycles. The van der Waals surface area contributed by atoms with Crippen LogP contribution in [0, 0.1) is 11.3 Å². The van der Waals surface area contributed by atoms with Crippen LogP contribution in [0.1, 0.15) is 16.8 Å². The highest BCUT2D eigenvalue weighted by Gasteiger charge is 2.10. The molecule has 0 amide bonds. The van der Waals surface area contributed by atoms with Crippen LogP contribution in [0.4, 0.5) is 0 Å². The molecule has 0 saturated heterocycles. The molecule has 0 unspecified atom stereocenters. The Balaban J connectivity index is 3.02. The molecule has 0 radical (unpaired) electrons. The van der Waals surface area contributed by atoms with Gasteiger partial charge in [-0.1, -0.05) is 0 Å². The fourth-order valence-corrected chi connectivity index (χ4v) is 1.47. The molecule has 1 aromatic carbocycles. The minimum Gasteiger partial charge on any atom is -0.293 e. The predicted molar refractivity (Wildman–Crippen MR) is 50.8 cm³/mol. The van der Waals surface area contributed by atoms with Crippen molar-refractivity contribution in [3.63, 3.8) is 0 Å². The van der Waals surface area contributed by atoms with E-state index in [1.807, 2.05) is 0 Å². The van der Waals surface area contributed by atoms with Crippen LogP contribution in [0.5, 0.6) is 0 Å². The van der Waals surface area contributed by atoms with Gasteiger partial charge in [0, 0.05) is 5.56 Å². The van der Waals surface area contributed by atoms with Gasteiger partial charge >= 0.3 is 0 Å². The summed E-state index contributed by atoms with van der Waals surface area (Å²) >= 11 is 0. The molecule has 0 spiro atoms. The molecule has 0 aliphatic rings. The summed E-state index contributed by atoms with van der Waals surface area (Å²) in [4.78, 5) is 10.9. The molecular weight excluding hydrogens is 218 g/mol. The molecule has 78 valence electrons. The molecule has 0 aliphatic carbocycles. The molecule has 5 nitrogen and oxygen atoms in total. The second kappa shape index (κ2) is 4.21. The number of hydrogen-bond donors (Lipinski definition) is 1. The van der Waals surface area contributed by atoms with Crippen LogP contribution in [0.2, 0.25) is 0 Å². The number of rotatable bonds is 3. The summed E-state index contributed by atoms with van der Waals surface area (Å²) in [6.45, 7) is 0. The number of hydrogen-bond acceptors (Lipinski definition) is 4.